The molecular weight excluding hydrogens is 692 g/mol. The molecule has 2 atom stereocenters. The fraction of sp³-hybridized carbons (Fsp3) is 0.658. The van der Waals surface area contributed by atoms with E-state index in [0.29, 0.717) is 12.2 Å². The van der Waals surface area contributed by atoms with Gasteiger partial charge in [0.2, 0.25) is 34.8 Å². The minimum absolute atomic E-state index is 0.00606. The molecule has 0 heterocycles. The van der Waals surface area contributed by atoms with Gasteiger partial charge in [-0.2, -0.15) is 13.9 Å². The van der Waals surface area contributed by atoms with E-state index in [2.05, 4.69) is 12.0 Å². The van der Waals surface area contributed by atoms with Gasteiger partial charge in [-0.15, -0.1) is 0 Å². The van der Waals surface area contributed by atoms with Gasteiger partial charge in [-0.05, 0) is 30.7 Å². The van der Waals surface area contributed by atoms with E-state index in [9.17, 15) is 31.3 Å². The molecule has 0 spiro atoms. The molecule has 0 aromatic heterocycles. The first-order valence-corrected chi connectivity index (χ1v) is 20.0. The highest BCUT2D eigenvalue weighted by molar-refractivity contribution is 7.52. The molecule has 51 heavy (non-hydrogen) atoms. The van der Waals surface area contributed by atoms with E-state index in [1.165, 1.54) is 70.6 Å². The van der Waals surface area contributed by atoms with Gasteiger partial charge in [0.25, 0.3) is 0 Å². The topological polar surface area (TPSA) is 83.1 Å². The summed E-state index contributed by atoms with van der Waals surface area (Å²) in [7, 11) is -4.98. The van der Waals surface area contributed by atoms with E-state index in [4.69, 9.17) is 18.5 Å². The van der Waals surface area contributed by atoms with Crippen LogP contribution in [-0.2, 0) is 29.8 Å². The van der Waals surface area contributed by atoms with Gasteiger partial charge in [-0.1, -0.05) is 135 Å². The summed E-state index contributed by atoms with van der Waals surface area (Å²) in [6.45, 7) is 6.17. The van der Waals surface area contributed by atoms with E-state index < -0.39 is 54.6 Å². The Morgan fingerprint density at radius 1 is 0.686 bits per heavy atom. The number of halogens is 5. The Labute approximate surface area is 300 Å². The Bertz CT molecular complexity index is 1290. The fourth-order valence-electron chi connectivity index (χ4n) is 5.29. The van der Waals surface area contributed by atoms with Crippen molar-refractivity contribution in [3.63, 3.8) is 0 Å². The van der Waals surface area contributed by atoms with Crippen molar-refractivity contribution in [2.45, 2.75) is 130 Å². The fourth-order valence-corrected chi connectivity index (χ4v) is 6.82. The summed E-state index contributed by atoms with van der Waals surface area (Å²) in [5, 5.41) is 2.34. The maximum atomic E-state index is 14.6. The van der Waals surface area contributed by atoms with Crippen LogP contribution in [0.2, 0.25) is 0 Å². The number of ether oxygens (including phenoxy) is 2. The average molecular weight is 750 g/mol. The first-order valence-electron chi connectivity index (χ1n) is 18.5. The number of benzene rings is 2. The molecule has 0 amide bonds. The molecule has 0 fully saturated rings. The first kappa shape index (κ1) is 44.6. The summed E-state index contributed by atoms with van der Waals surface area (Å²) in [4.78, 5) is 13.1. The molecule has 2 rings (SSSR count). The standard InChI is InChI=1S/C38H57F5NO6P/c1-4-5-6-7-8-9-10-11-12-13-14-15-16-20-24-47-25-21-26-49-51(46,50-37-35(42)33(40)32(39)34(41)36(37)43)44-31(38(45)48-28-29(2)3)27-30-22-18-17-19-23-30/h17-19,22-23,29,31H,4-16,20-21,24-28H2,1-3H3,(H,44,46)/t31-,51?/m0/s1. The number of hydrogen-bond donors (Lipinski definition) is 1. The van der Waals surface area contributed by atoms with E-state index in [1.807, 2.05) is 0 Å². The van der Waals surface area contributed by atoms with E-state index in [0.717, 1.165) is 19.3 Å². The average Bonchev–Trinajstić information content (AvgIpc) is 3.12. The Hall–Kier alpha value is -2.53. The second-order valence-corrected chi connectivity index (χ2v) is 15.0. The van der Waals surface area contributed by atoms with Crippen LogP contribution in [0.15, 0.2) is 30.3 Å². The van der Waals surface area contributed by atoms with Crippen molar-refractivity contribution in [1.29, 1.82) is 0 Å². The van der Waals surface area contributed by atoms with Crippen LogP contribution in [0, 0.1) is 35.0 Å². The summed E-state index contributed by atoms with van der Waals surface area (Å²) in [5.74, 6) is -14.4. The van der Waals surface area contributed by atoms with Crippen LogP contribution in [-0.4, -0.2) is 38.4 Å². The summed E-state index contributed by atoms with van der Waals surface area (Å²) in [5.41, 5.74) is 0.594. The van der Waals surface area contributed by atoms with Gasteiger partial charge in [0.05, 0.1) is 13.2 Å². The number of carbonyl (C=O) groups excluding carboxylic acids is 1. The van der Waals surface area contributed by atoms with Crippen LogP contribution in [0.25, 0.3) is 0 Å². The normalized spacial score (nSPS) is 13.4. The molecule has 1 N–H and O–H groups in total. The molecule has 0 aliphatic carbocycles. The van der Waals surface area contributed by atoms with Gasteiger partial charge in [0.15, 0.2) is 0 Å². The zero-order chi connectivity index (χ0) is 37.5. The van der Waals surface area contributed by atoms with Crippen molar-refractivity contribution in [3.05, 3.63) is 65.0 Å². The van der Waals surface area contributed by atoms with Crippen LogP contribution in [0.1, 0.15) is 123 Å². The number of rotatable bonds is 29. The molecule has 7 nitrogen and oxygen atoms in total. The second-order valence-electron chi connectivity index (χ2n) is 13.3. The second kappa shape index (κ2) is 25.4. The van der Waals surface area contributed by atoms with Crippen molar-refractivity contribution in [2.24, 2.45) is 5.92 Å². The third-order valence-corrected chi connectivity index (χ3v) is 9.73. The maximum Gasteiger partial charge on any atom is 0.459 e. The number of carbonyl (C=O) groups is 1. The van der Waals surface area contributed by atoms with Gasteiger partial charge >= 0.3 is 13.7 Å². The predicted molar refractivity (Wildman–Crippen MR) is 189 cm³/mol. The Morgan fingerprint density at radius 3 is 1.71 bits per heavy atom. The Morgan fingerprint density at radius 2 is 1.18 bits per heavy atom. The molecule has 13 heteroatoms. The van der Waals surface area contributed by atoms with Crippen molar-refractivity contribution in [1.82, 2.24) is 5.09 Å². The molecule has 0 saturated heterocycles. The molecule has 0 aliphatic heterocycles. The smallest absolute Gasteiger partial charge is 0.459 e. The minimum atomic E-state index is -4.98. The van der Waals surface area contributed by atoms with E-state index >= 15 is 0 Å². The highest BCUT2D eigenvalue weighted by Crippen LogP contribution is 2.47. The van der Waals surface area contributed by atoms with Crippen LogP contribution in [0.4, 0.5) is 22.0 Å². The molecule has 2 aromatic carbocycles. The quantitative estimate of drug-likeness (QED) is 0.0221. The van der Waals surface area contributed by atoms with Gasteiger partial charge in [-0.25, -0.2) is 17.7 Å². The van der Waals surface area contributed by atoms with Crippen LogP contribution >= 0.6 is 7.75 Å². The zero-order valence-corrected chi connectivity index (χ0v) is 31.4. The highest BCUT2D eigenvalue weighted by atomic mass is 31.2. The molecule has 290 valence electrons. The van der Waals surface area contributed by atoms with E-state index in [-0.39, 0.29) is 38.6 Å². The van der Waals surface area contributed by atoms with Crippen molar-refractivity contribution >= 4 is 13.7 Å². The van der Waals surface area contributed by atoms with Gasteiger partial charge < -0.3 is 14.0 Å². The van der Waals surface area contributed by atoms with Gasteiger partial charge in [0, 0.05) is 13.2 Å². The largest absolute Gasteiger partial charge is 0.464 e. The monoisotopic (exact) mass is 749 g/mol. The lowest BCUT2D eigenvalue weighted by Gasteiger charge is -2.25. The number of esters is 1. The Balaban J connectivity index is 1.90. The number of unbranched alkanes of at least 4 members (excludes halogenated alkanes) is 13. The van der Waals surface area contributed by atoms with Crippen molar-refractivity contribution in [2.75, 3.05) is 26.4 Å². The van der Waals surface area contributed by atoms with Crippen LogP contribution in [0.3, 0.4) is 0 Å². The number of hydrogen-bond acceptors (Lipinski definition) is 6. The highest BCUT2D eigenvalue weighted by Gasteiger charge is 2.38. The lowest BCUT2D eigenvalue weighted by atomic mass is 10.0. The molecule has 2 aromatic rings. The molecule has 0 aliphatic rings. The van der Waals surface area contributed by atoms with E-state index in [1.54, 1.807) is 44.2 Å². The Kier molecular flexibility index (Phi) is 22.3. The third-order valence-electron chi connectivity index (χ3n) is 8.16. The molecule has 0 radical (unpaired) electrons. The predicted octanol–water partition coefficient (Wildman–Crippen LogP) is 11.2. The molecule has 1 unspecified atom stereocenters. The first-order chi connectivity index (χ1) is 24.5. The van der Waals surface area contributed by atoms with Crippen molar-refractivity contribution < 1.29 is 49.8 Å². The summed E-state index contributed by atoms with van der Waals surface area (Å²) in [6, 6.07) is 7.06. The number of nitrogens with one attached hydrogen (secondary N) is 1. The summed E-state index contributed by atoms with van der Waals surface area (Å²) in [6.07, 6.45) is 17.4. The van der Waals surface area contributed by atoms with Crippen LogP contribution < -0.4 is 9.61 Å². The van der Waals surface area contributed by atoms with Gasteiger partial charge in [0.1, 0.15) is 6.04 Å². The summed E-state index contributed by atoms with van der Waals surface area (Å²) < 4.78 is 106. The molecular formula is C38H57F5NO6P. The minimum Gasteiger partial charge on any atom is -0.464 e. The molecule has 0 bridgehead atoms. The van der Waals surface area contributed by atoms with Crippen molar-refractivity contribution in [3.8, 4) is 5.75 Å². The SMILES string of the molecule is CCCCCCCCCCCCCCCCOCCCOP(=O)(N[C@@H](Cc1ccccc1)C(=O)OCC(C)C)Oc1c(F)c(F)c(F)c(F)c1F. The lowest BCUT2D eigenvalue weighted by molar-refractivity contribution is -0.146. The maximum absolute atomic E-state index is 14.6. The lowest BCUT2D eigenvalue weighted by Crippen LogP contribution is -2.40. The summed E-state index contributed by atoms with van der Waals surface area (Å²) >= 11 is 0. The molecule has 0 saturated carbocycles. The third kappa shape index (κ3) is 17.7. The van der Waals surface area contributed by atoms with Gasteiger partial charge in [-0.3, -0.25) is 9.32 Å². The van der Waals surface area contributed by atoms with Crippen LogP contribution in [0.5, 0.6) is 5.75 Å². The zero-order valence-electron chi connectivity index (χ0n) is 30.5.